The number of nitrogens with one attached hydrogen (secondary N) is 1. The van der Waals surface area contributed by atoms with Gasteiger partial charge in [-0.15, -0.1) is 12.4 Å². The molecule has 0 bridgehead atoms. The first-order chi connectivity index (χ1) is 9.15. The number of hydrogen-bond acceptors (Lipinski definition) is 3. The van der Waals surface area contributed by atoms with Crippen molar-refractivity contribution in [2.45, 2.75) is 19.0 Å². The van der Waals surface area contributed by atoms with Crippen LogP contribution >= 0.6 is 28.3 Å². The minimum Gasteiger partial charge on any atom is -0.378 e. The zero-order chi connectivity index (χ0) is 13.7. The molecule has 0 radical (unpaired) electrons. The van der Waals surface area contributed by atoms with Gasteiger partial charge in [0.2, 0.25) is 5.91 Å². The van der Waals surface area contributed by atoms with E-state index in [1.54, 1.807) is 4.90 Å². The van der Waals surface area contributed by atoms with Crippen LogP contribution in [0.1, 0.15) is 12.0 Å². The number of ether oxygens (including phenoxy) is 1. The number of benzene rings is 1. The van der Waals surface area contributed by atoms with Gasteiger partial charge in [0.15, 0.2) is 0 Å². The first-order valence-electron chi connectivity index (χ1n) is 6.44. The zero-order valence-corrected chi connectivity index (χ0v) is 13.9. The predicted octanol–water partition coefficient (Wildman–Crippen LogP) is 2.21. The molecular weight excluding hydrogens is 344 g/mol. The fraction of sp³-hybridized carbons (Fsp3) is 0.500. The summed E-state index contributed by atoms with van der Waals surface area (Å²) in [5, 5.41) is 3.30. The summed E-state index contributed by atoms with van der Waals surface area (Å²) in [4.78, 5) is 13.9. The second-order valence-corrected chi connectivity index (χ2v) is 5.73. The molecule has 1 aromatic carbocycles. The van der Waals surface area contributed by atoms with Gasteiger partial charge in [-0.25, -0.2) is 0 Å². The second-order valence-electron chi connectivity index (χ2n) is 4.81. The Labute approximate surface area is 134 Å². The Balaban J connectivity index is 0.00000200. The number of rotatable bonds is 4. The lowest BCUT2D eigenvalue weighted by Gasteiger charge is -2.25. The van der Waals surface area contributed by atoms with Crippen molar-refractivity contribution in [2.24, 2.45) is 0 Å². The van der Waals surface area contributed by atoms with Gasteiger partial charge >= 0.3 is 0 Å². The van der Waals surface area contributed by atoms with Crippen LogP contribution in [0.2, 0.25) is 0 Å². The van der Waals surface area contributed by atoms with Crippen molar-refractivity contribution >= 4 is 34.2 Å². The number of carbonyl (C=O) groups excluding carboxylic acids is 1. The summed E-state index contributed by atoms with van der Waals surface area (Å²) in [5.74, 6) is 0.142. The molecule has 1 atom stereocenters. The van der Waals surface area contributed by atoms with E-state index in [4.69, 9.17) is 4.74 Å². The van der Waals surface area contributed by atoms with E-state index in [2.05, 4.69) is 21.2 Å². The Morgan fingerprint density at radius 1 is 1.55 bits per heavy atom. The van der Waals surface area contributed by atoms with Crippen LogP contribution < -0.4 is 5.32 Å². The van der Waals surface area contributed by atoms with Crippen LogP contribution in [0.25, 0.3) is 0 Å². The van der Waals surface area contributed by atoms with Gasteiger partial charge in [0.1, 0.15) is 0 Å². The van der Waals surface area contributed by atoms with Gasteiger partial charge in [0.25, 0.3) is 0 Å². The Kier molecular flexibility index (Phi) is 7.51. The average Bonchev–Trinajstić information content (AvgIpc) is 2.40. The average molecular weight is 364 g/mol. The molecule has 1 aromatic rings. The zero-order valence-electron chi connectivity index (χ0n) is 11.5. The highest BCUT2D eigenvalue weighted by atomic mass is 79.9. The van der Waals surface area contributed by atoms with Gasteiger partial charge < -0.3 is 15.0 Å². The highest BCUT2D eigenvalue weighted by molar-refractivity contribution is 9.10. The summed E-state index contributed by atoms with van der Waals surface area (Å²) in [6.45, 7) is 2.81. The van der Waals surface area contributed by atoms with E-state index in [0.29, 0.717) is 19.6 Å². The molecule has 1 fully saturated rings. The number of carbonyl (C=O) groups is 1. The van der Waals surface area contributed by atoms with Crippen molar-refractivity contribution in [3.8, 4) is 0 Å². The molecule has 0 spiro atoms. The minimum absolute atomic E-state index is 0. The van der Waals surface area contributed by atoms with Gasteiger partial charge in [0.05, 0.1) is 13.2 Å². The van der Waals surface area contributed by atoms with E-state index in [9.17, 15) is 4.79 Å². The quantitative estimate of drug-likeness (QED) is 0.892. The molecule has 1 heterocycles. The molecule has 4 nitrogen and oxygen atoms in total. The molecule has 0 aromatic heterocycles. The van der Waals surface area contributed by atoms with E-state index < -0.39 is 0 Å². The Hall–Kier alpha value is -0.620. The summed E-state index contributed by atoms with van der Waals surface area (Å²) >= 11 is 3.44. The highest BCUT2D eigenvalue weighted by Gasteiger charge is 2.19. The first-order valence-corrected chi connectivity index (χ1v) is 7.24. The summed E-state index contributed by atoms with van der Waals surface area (Å²) < 4.78 is 6.39. The third-order valence-corrected chi connectivity index (χ3v) is 3.65. The molecule has 20 heavy (non-hydrogen) atoms. The van der Waals surface area contributed by atoms with Crippen molar-refractivity contribution in [3.63, 3.8) is 0 Å². The molecule has 6 heteroatoms. The van der Waals surface area contributed by atoms with Crippen molar-refractivity contribution in [3.05, 3.63) is 34.3 Å². The molecule has 1 saturated heterocycles. The van der Waals surface area contributed by atoms with Crippen LogP contribution in [0, 0.1) is 0 Å². The molecule has 1 aliphatic heterocycles. The molecule has 1 N–H and O–H groups in total. The summed E-state index contributed by atoms with van der Waals surface area (Å²) in [6, 6.07) is 8.16. The van der Waals surface area contributed by atoms with E-state index in [0.717, 1.165) is 23.2 Å². The van der Waals surface area contributed by atoms with Crippen molar-refractivity contribution in [1.29, 1.82) is 0 Å². The van der Waals surface area contributed by atoms with Gasteiger partial charge in [-0.1, -0.05) is 28.1 Å². The lowest BCUT2D eigenvalue weighted by molar-refractivity contribution is -0.131. The maximum absolute atomic E-state index is 12.1. The lowest BCUT2D eigenvalue weighted by Crippen LogP contribution is -2.44. The standard InChI is InChI=1S/C14H19BrN2O2.ClH/c1-17(9-11-3-2-4-12(15)7-11)14(18)8-13-10-19-6-5-16-13;/h2-4,7,13,16H,5-6,8-10H2,1H3;1H. The van der Waals surface area contributed by atoms with Crippen LogP contribution in [0.3, 0.4) is 0 Å². The Morgan fingerprint density at radius 3 is 3.00 bits per heavy atom. The molecular formula is C14H20BrClN2O2. The van der Waals surface area contributed by atoms with Crippen LogP contribution in [0.4, 0.5) is 0 Å². The fourth-order valence-electron chi connectivity index (χ4n) is 2.11. The number of amides is 1. The van der Waals surface area contributed by atoms with Crippen molar-refractivity contribution < 1.29 is 9.53 Å². The topological polar surface area (TPSA) is 41.6 Å². The normalized spacial score (nSPS) is 18.2. The SMILES string of the molecule is CN(Cc1cccc(Br)c1)C(=O)CC1COCCN1.Cl. The van der Waals surface area contributed by atoms with E-state index in [-0.39, 0.29) is 24.4 Å². The fourth-order valence-corrected chi connectivity index (χ4v) is 2.56. The third kappa shape index (κ3) is 5.40. The van der Waals surface area contributed by atoms with Gasteiger partial charge in [0, 0.05) is 37.1 Å². The smallest absolute Gasteiger partial charge is 0.224 e. The first kappa shape index (κ1) is 17.4. The van der Waals surface area contributed by atoms with Gasteiger partial charge in [-0.2, -0.15) is 0 Å². The molecule has 0 saturated carbocycles. The molecule has 1 aliphatic rings. The highest BCUT2D eigenvalue weighted by Crippen LogP contribution is 2.13. The molecule has 2 rings (SSSR count). The van der Waals surface area contributed by atoms with E-state index in [1.165, 1.54) is 0 Å². The van der Waals surface area contributed by atoms with E-state index in [1.807, 2.05) is 31.3 Å². The molecule has 112 valence electrons. The van der Waals surface area contributed by atoms with Crippen LogP contribution in [-0.2, 0) is 16.1 Å². The number of nitrogens with zero attached hydrogens (tertiary/aromatic N) is 1. The summed E-state index contributed by atoms with van der Waals surface area (Å²) in [5.41, 5.74) is 1.12. The summed E-state index contributed by atoms with van der Waals surface area (Å²) in [6.07, 6.45) is 0.491. The van der Waals surface area contributed by atoms with Crippen LogP contribution in [0.5, 0.6) is 0 Å². The van der Waals surface area contributed by atoms with Crippen LogP contribution in [-0.4, -0.2) is 43.7 Å². The minimum atomic E-state index is 0. The molecule has 0 aliphatic carbocycles. The number of halogens is 2. The van der Waals surface area contributed by atoms with E-state index >= 15 is 0 Å². The number of morpholine rings is 1. The molecule has 1 unspecified atom stereocenters. The third-order valence-electron chi connectivity index (χ3n) is 3.15. The number of hydrogen-bond donors (Lipinski definition) is 1. The predicted molar refractivity (Wildman–Crippen MR) is 85.1 cm³/mol. The van der Waals surface area contributed by atoms with Crippen molar-refractivity contribution in [2.75, 3.05) is 26.8 Å². The second kappa shape index (κ2) is 8.62. The maximum Gasteiger partial charge on any atom is 0.224 e. The van der Waals surface area contributed by atoms with Gasteiger partial charge in [-0.05, 0) is 17.7 Å². The Morgan fingerprint density at radius 2 is 2.35 bits per heavy atom. The monoisotopic (exact) mass is 362 g/mol. The maximum atomic E-state index is 12.1. The Bertz CT molecular complexity index is 439. The van der Waals surface area contributed by atoms with Crippen molar-refractivity contribution in [1.82, 2.24) is 10.2 Å². The van der Waals surface area contributed by atoms with Gasteiger partial charge in [-0.3, -0.25) is 4.79 Å². The van der Waals surface area contributed by atoms with Crippen LogP contribution in [0.15, 0.2) is 28.7 Å². The molecule has 1 amide bonds. The lowest BCUT2D eigenvalue weighted by atomic mass is 10.1. The largest absolute Gasteiger partial charge is 0.378 e. The summed E-state index contributed by atoms with van der Waals surface area (Å²) in [7, 11) is 1.84.